The molecule has 2 rings (SSSR count). The molecule has 1 aliphatic heterocycles. The van der Waals surface area contributed by atoms with Crippen molar-refractivity contribution >= 4 is 22.9 Å². The zero-order valence-electron chi connectivity index (χ0n) is 6.94. The number of carboxylic acids is 1. The highest BCUT2D eigenvalue weighted by molar-refractivity contribution is 6.63. The lowest BCUT2D eigenvalue weighted by Crippen LogP contribution is -2.46. The van der Waals surface area contributed by atoms with Crippen molar-refractivity contribution in [1.82, 2.24) is 4.90 Å². The highest BCUT2D eigenvalue weighted by Gasteiger charge is 2.51. The maximum absolute atomic E-state index is 11.0. The summed E-state index contributed by atoms with van der Waals surface area (Å²) >= 11 is 5.34. The van der Waals surface area contributed by atoms with Crippen LogP contribution in [0, 0.1) is 5.92 Å². The normalized spacial score (nSPS) is 36.7. The van der Waals surface area contributed by atoms with Crippen LogP contribution < -0.4 is 0 Å². The van der Waals surface area contributed by atoms with Crippen molar-refractivity contribution in [2.24, 2.45) is 5.92 Å². The third-order valence-electron chi connectivity index (χ3n) is 3.04. The van der Waals surface area contributed by atoms with Crippen LogP contribution in [0.1, 0.15) is 19.3 Å². The van der Waals surface area contributed by atoms with Crippen molar-refractivity contribution in [3.8, 4) is 0 Å². The molecule has 1 N–H and O–H groups in total. The second-order valence-corrected chi connectivity index (χ2v) is 3.99. The molecule has 0 aromatic heterocycles. The average molecular weight is 204 g/mol. The van der Waals surface area contributed by atoms with Crippen LogP contribution in [-0.2, 0) is 4.79 Å². The summed E-state index contributed by atoms with van der Waals surface area (Å²) in [6.45, 7) is 0. The maximum Gasteiger partial charge on any atom is 0.326 e. The van der Waals surface area contributed by atoms with E-state index in [-0.39, 0.29) is 12.0 Å². The molecule has 0 radical (unpaired) electrons. The molecule has 1 saturated heterocycles. The van der Waals surface area contributed by atoms with Gasteiger partial charge in [-0.25, -0.2) is 4.79 Å². The Kier molecular flexibility index (Phi) is 1.95. The molecule has 1 heterocycles. The first-order valence-corrected chi connectivity index (χ1v) is 4.69. The molecule has 1 aliphatic carbocycles. The summed E-state index contributed by atoms with van der Waals surface area (Å²) < 4.78 is 0. The average Bonchev–Trinajstić information content (AvgIpc) is 2.60. The molecule has 3 unspecified atom stereocenters. The van der Waals surface area contributed by atoms with E-state index in [9.17, 15) is 9.59 Å². The van der Waals surface area contributed by atoms with E-state index in [0.717, 1.165) is 19.3 Å². The number of carbonyl (C=O) groups excluding carboxylic acids is 1. The van der Waals surface area contributed by atoms with Crippen molar-refractivity contribution in [1.29, 1.82) is 0 Å². The Morgan fingerprint density at radius 1 is 1.38 bits per heavy atom. The second-order valence-electron chi connectivity index (χ2n) is 3.67. The number of piperidine rings is 1. The van der Waals surface area contributed by atoms with Crippen molar-refractivity contribution in [2.45, 2.75) is 31.3 Å². The van der Waals surface area contributed by atoms with Crippen LogP contribution in [0.3, 0.4) is 0 Å². The topological polar surface area (TPSA) is 57.6 Å². The first kappa shape index (κ1) is 8.81. The molecular formula is C8H10ClNO3. The van der Waals surface area contributed by atoms with Crippen LogP contribution in [0.2, 0.25) is 0 Å². The third-order valence-corrected chi connectivity index (χ3v) is 3.24. The molecule has 13 heavy (non-hydrogen) atoms. The summed E-state index contributed by atoms with van der Waals surface area (Å²) in [5, 5.41) is 8.28. The van der Waals surface area contributed by atoms with E-state index in [1.807, 2.05) is 0 Å². The molecule has 0 aromatic carbocycles. The van der Waals surface area contributed by atoms with Gasteiger partial charge in [0.2, 0.25) is 0 Å². The maximum atomic E-state index is 11.0. The zero-order chi connectivity index (χ0) is 9.59. The fraction of sp³-hybridized carbons (Fsp3) is 0.750. The number of aliphatic carboxylic acids is 1. The van der Waals surface area contributed by atoms with E-state index < -0.39 is 17.4 Å². The molecule has 0 spiro atoms. The van der Waals surface area contributed by atoms with Gasteiger partial charge in [-0.1, -0.05) is 0 Å². The number of carbonyl (C=O) groups is 2. The highest BCUT2D eigenvalue weighted by atomic mass is 35.5. The zero-order valence-corrected chi connectivity index (χ0v) is 7.70. The fourth-order valence-corrected chi connectivity index (χ4v) is 2.80. The van der Waals surface area contributed by atoms with Crippen LogP contribution in [0.4, 0.5) is 4.79 Å². The summed E-state index contributed by atoms with van der Waals surface area (Å²) in [4.78, 5) is 23.2. The minimum absolute atomic E-state index is 0.0658. The van der Waals surface area contributed by atoms with Crippen molar-refractivity contribution in [3.05, 3.63) is 0 Å². The first-order chi connectivity index (χ1) is 6.11. The van der Waals surface area contributed by atoms with Gasteiger partial charge in [0.05, 0.1) is 0 Å². The summed E-state index contributed by atoms with van der Waals surface area (Å²) in [5.41, 5.74) is 0. The number of fused-ring (bicyclic) bond motifs is 2. The largest absolute Gasteiger partial charge is 0.480 e. The Balaban J connectivity index is 2.24. The Morgan fingerprint density at radius 2 is 2.08 bits per heavy atom. The van der Waals surface area contributed by atoms with E-state index in [2.05, 4.69) is 0 Å². The number of nitrogens with zero attached hydrogens (tertiary/aromatic N) is 1. The van der Waals surface area contributed by atoms with Gasteiger partial charge in [-0.3, -0.25) is 4.79 Å². The second kappa shape index (κ2) is 2.87. The van der Waals surface area contributed by atoms with Gasteiger partial charge >= 0.3 is 11.3 Å². The number of amides is 1. The van der Waals surface area contributed by atoms with Crippen LogP contribution in [0.15, 0.2) is 0 Å². The predicted octanol–water partition coefficient (Wildman–Crippen LogP) is 1.28. The Morgan fingerprint density at radius 3 is 2.54 bits per heavy atom. The number of hydrogen-bond donors (Lipinski definition) is 1. The molecular weight excluding hydrogens is 194 g/mol. The van der Waals surface area contributed by atoms with Gasteiger partial charge < -0.3 is 10.0 Å². The van der Waals surface area contributed by atoms with Gasteiger partial charge in [0.1, 0.15) is 6.04 Å². The number of rotatable bonds is 1. The minimum atomic E-state index is -0.929. The van der Waals surface area contributed by atoms with Gasteiger partial charge in [-0.2, -0.15) is 0 Å². The summed E-state index contributed by atoms with van der Waals surface area (Å²) in [6.07, 6.45) is 2.60. The van der Waals surface area contributed by atoms with Crippen molar-refractivity contribution < 1.29 is 14.7 Å². The Labute approximate surface area is 80.5 Å². The van der Waals surface area contributed by atoms with E-state index in [4.69, 9.17) is 16.7 Å². The van der Waals surface area contributed by atoms with E-state index in [0.29, 0.717) is 0 Å². The molecule has 3 atom stereocenters. The van der Waals surface area contributed by atoms with Crippen LogP contribution in [0.25, 0.3) is 0 Å². The SMILES string of the molecule is O=C(O)C1C2CCC(C2)N1C(=O)Cl. The van der Waals surface area contributed by atoms with Gasteiger partial charge in [-0.15, -0.1) is 0 Å². The first-order valence-electron chi connectivity index (χ1n) is 4.32. The van der Waals surface area contributed by atoms with Gasteiger partial charge in [0, 0.05) is 6.04 Å². The molecule has 0 aromatic rings. The van der Waals surface area contributed by atoms with Crippen molar-refractivity contribution in [2.75, 3.05) is 0 Å². The van der Waals surface area contributed by atoms with E-state index >= 15 is 0 Å². The molecule has 2 bridgehead atoms. The van der Waals surface area contributed by atoms with Crippen LogP contribution in [-0.4, -0.2) is 33.4 Å². The molecule has 2 fully saturated rings. The number of halogens is 1. The van der Waals surface area contributed by atoms with Crippen LogP contribution in [0.5, 0.6) is 0 Å². The molecule has 1 saturated carbocycles. The number of carboxylic acid groups (broad SMARTS) is 1. The monoisotopic (exact) mass is 203 g/mol. The molecule has 5 heteroatoms. The Hall–Kier alpha value is -0.770. The lowest BCUT2D eigenvalue weighted by atomic mass is 9.99. The van der Waals surface area contributed by atoms with Gasteiger partial charge in [0.15, 0.2) is 0 Å². The minimum Gasteiger partial charge on any atom is -0.480 e. The molecule has 72 valence electrons. The quantitative estimate of drug-likeness (QED) is 0.516. The van der Waals surface area contributed by atoms with Gasteiger partial charge in [0.25, 0.3) is 0 Å². The van der Waals surface area contributed by atoms with E-state index in [1.165, 1.54) is 4.90 Å². The van der Waals surface area contributed by atoms with Crippen LogP contribution >= 0.6 is 11.6 Å². The number of hydrogen-bond acceptors (Lipinski definition) is 2. The van der Waals surface area contributed by atoms with E-state index in [1.54, 1.807) is 0 Å². The molecule has 1 amide bonds. The predicted molar refractivity (Wildman–Crippen MR) is 45.6 cm³/mol. The van der Waals surface area contributed by atoms with Crippen molar-refractivity contribution in [3.63, 3.8) is 0 Å². The Bertz CT molecular complexity index is 242. The highest BCUT2D eigenvalue weighted by Crippen LogP contribution is 2.42. The summed E-state index contributed by atoms with van der Waals surface area (Å²) in [6, 6.07) is -0.611. The fourth-order valence-electron chi connectivity index (χ4n) is 2.56. The number of likely N-dealkylation sites (tertiary alicyclic amines) is 1. The lowest BCUT2D eigenvalue weighted by molar-refractivity contribution is -0.143. The molecule has 4 nitrogen and oxygen atoms in total. The molecule has 2 aliphatic rings. The van der Waals surface area contributed by atoms with Gasteiger partial charge in [-0.05, 0) is 36.8 Å². The smallest absolute Gasteiger partial charge is 0.326 e. The summed E-state index contributed by atoms with van der Waals surface area (Å²) in [7, 11) is 0. The standard InChI is InChI=1S/C8H10ClNO3/c9-8(13)10-5-2-1-4(3-5)6(10)7(11)12/h4-6H,1-3H2,(H,11,12). The lowest BCUT2D eigenvalue weighted by Gasteiger charge is -2.30. The summed E-state index contributed by atoms with van der Waals surface area (Å²) in [5.74, 6) is -0.814. The third kappa shape index (κ3) is 1.20.